The molecule has 1 aromatic rings. The van der Waals surface area contributed by atoms with Gasteiger partial charge in [0.1, 0.15) is 0 Å². The molecule has 128 valence electrons. The Morgan fingerprint density at radius 3 is 2.61 bits per heavy atom. The van der Waals surface area contributed by atoms with Crippen molar-refractivity contribution < 1.29 is 4.79 Å². The summed E-state index contributed by atoms with van der Waals surface area (Å²) in [4.78, 5) is 17.2. The Balaban J connectivity index is 1.49. The van der Waals surface area contributed by atoms with E-state index in [2.05, 4.69) is 21.8 Å². The van der Waals surface area contributed by atoms with E-state index in [1.54, 1.807) is 0 Å². The number of carbonyl (C=O) groups is 1. The van der Waals surface area contributed by atoms with Crippen molar-refractivity contribution in [3.05, 3.63) is 17.0 Å². The maximum Gasteiger partial charge on any atom is 0.222 e. The summed E-state index contributed by atoms with van der Waals surface area (Å²) in [7, 11) is 1.97. The molecule has 0 aromatic carbocycles. The predicted molar refractivity (Wildman–Crippen MR) is 91.4 cm³/mol. The summed E-state index contributed by atoms with van der Waals surface area (Å²) in [6.45, 7) is 9.39. The second-order valence-electron chi connectivity index (χ2n) is 7.25. The molecule has 0 atom stereocenters. The Kier molecular flexibility index (Phi) is 5.05. The standard InChI is InChI=1S/C18H30N4O/c1-14-17(15(2)20(3)19-14)7-8-18(23)22-10-4-9-21(11-12-22)13-16-5-6-16/h16H,4-13H2,1-3H3. The predicted octanol–water partition coefficient (Wildman–Crippen LogP) is 1.91. The molecular weight excluding hydrogens is 288 g/mol. The highest BCUT2D eigenvalue weighted by Crippen LogP contribution is 2.30. The first-order valence-electron chi connectivity index (χ1n) is 9.04. The smallest absolute Gasteiger partial charge is 0.222 e. The zero-order valence-electron chi connectivity index (χ0n) is 14.8. The van der Waals surface area contributed by atoms with Crippen molar-refractivity contribution >= 4 is 5.91 Å². The molecule has 1 aliphatic heterocycles. The fraction of sp³-hybridized carbons (Fsp3) is 0.778. The minimum absolute atomic E-state index is 0.306. The minimum atomic E-state index is 0.306. The van der Waals surface area contributed by atoms with Crippen LogP contribution in [-0.4, -0.2) is 58.2 Å². The van der Waals surface area contributed by atoms with Crippen LogP contribution in [0.2, 0.25) is 0 Å². The van der Waals surface area contributed by atoms with Crippen molar-refractivity contribution in [3.8, 4) is 0 Å². The highest BCUT2D eigenvalue weighted by atomic mass is 16.2. The van der Waals surface area contributed by atoms with Gasteiger partial charge >= 0.3 is 0 Å². The first-order valence-corrected chi connectivity index (χ1v) is 9.04. The number of amides is 1. The number of aryl methyl sites for hydroxylation is 2. The van der Waals surface area contributed by atoms with Gasteiger partial charge in [0, 0.05) is 45.3 Å². The Labute approximate surface area is 139 Å². The molecule has 0 bridgehead atoms. The van der Waals surface area contributed by atoms with Gasteiger partial charge < -0.3 is 9.80 Å². The lowest BCUT2D eigenvalue weighted by Crippen LogP contribution is -2.35. The van der Waals surface area contributed by atoms with E-state index < -0.39 is 0 Å². The summed E-state index contributed by atoms with van der Waals surface area (Å²) in [6, 6.07) is 0. The third kappa shape index (κ3) is 4.14. The zero-order chi connectivity index (χ0) is 16.4. The molecule has 1 aliphatic carbocycles. The fourth-order valence-electron chi connectivity index (χ4n) is 3.64. The van der Waals surface area contributed by atoms with Crippen LogP contribution < -0.4 is 0 Å². The van der Waals surface area contributed by atoms with Gasteiger partial charge in [-0.15, -0.1) is 0 Å². The van der Waals surface area contributed by atoms with Crippen molar-refractivity contribution in [2.75, 3.05) is 32.7 Å². The molecule has 2 fully saturated rings. The Morgan fingerprint density at radius 1 is 1.17 bits per heavy atom. The summed E-state index contributed by atoms with van der Waals surface area (Å²) in [6.07, 6.45) is 5.35. The molecule has 0 N–H and O–H groups in total. The molecule has 3 rings (SSSR count). The van der Waals surface area contributed by atoms with Gasteiger partial charge in [-0.1, -0.05) is 0 Å². The van der Waals surface area contributed by atoms with Crippen LogP contribution in [0.3, 0.4) is 0 Å². The Morgan fingerprint density at radius 2 is 1.96 bits per heavy atom. The largest absolute Gasteiger partial charge is 0.341 e. The van der Waals surface area contributed by atoms with E-state index in [4.69, 9.17) is 0 Å². The first-order chi connectivity index (χ1) is 11.0. The normalized spacial score (nSPS) is 19.9. The lowest BCUT2D eigenvalue weighted by Gasteiger charge is -2.22. The zero-order valence-corrected chi connectivity index (χ0v) is 14.8. The van der Waals surface area contributed by atoms with E-state index in [0.29, 0.717) is 12.3 Å². The van der Waals surface area contributed by atoms with Gasteiger partial charge in [0.2, 0.25) is 5.91 Å². The topological polar surface area (TPSA) is 41.4 Å². The highest BCUT2D eigenvalue weighted by Gasteiger charge is 2.26. The summed E-state index contributed by atoms with van der Waals surface area (Å²) < 4.78 is 1.91. The molecule has 2 aliphatic rings. The van der Waals surface area contributed by atoms with Gasteiger partial charge in [0.15, 0.2) is 0 Å². The van der Waals surface area contributed by atoms with Crippen LogP contribution in [0.25, 0.3) is 0 Å². The van der Waals surface area contributed by atoms with Crippen molar-refractivity contribution in [1.29, 1.82) is 0 Å². The number of hydrogen-bond acceptors (Lipinski definition) is 3. The van der Waals surface area contributed by atoms with Gasteiger partial charge in [0.05, 0.1) is 5.69 Å². The summed E-state index contributed by atoms with van der Waals surface area (Å²) >= 11 is 0. The van der Waals surface area contributed by atoms with Crippen molar-refractivity contribution in [3.63, 3.8) is 0 Å². The second kappa shape index (κ2) is 7.04. The third-order valence-corrected chi connectivity index (χ3v) is 5.40. The van der Waals surface area contributed by atoms with Gasteiger partial charge in [-0.25, -0.2) is 0 Å². The van der Waals surface area contributed by atoms with Gasteiger partial charge in [-0.05, 0) is 57.6 Å². The average molecular weight is 318 g/mol. The SMILES string of the molecule is Cc1nn(C)c(C)c1CCC(=O)N1CCCN(CC2CC2)CC1. The summed E-state index contributed by atoms with van der Waals surface area (Å²) in [5, 5.41) is 4.44. The molecular formula is C18H30N4O. The number of carbonyl (C=O) groups excluding carboxylic acids is 1. The maximum atomic E-state index is 12.6. The molecule has 1 aromatic heterocycles. The third-order valence-electron chi connectivity index (χ3n) is 5.40. The Hall–Kier alpha value is -1.36. The first kappa shape index (κ1) is 16.5. The average Bonchev–Trinajstić information content (AvgIpc) is 3.31. The molecule has 1 saturated heterocycles. The minimum Gasteiger partial charge on any atom is -0.341 e. The van der Waals surface area contributed by atoms with E-state index >= 15 is 0 Å². The van der Waals surface area contributed by atoms with E-state index in [-0.39, 0.29) is 0 Å². The van der Waals surface area contributed by atoms with Crippen LogP contribution in [0.1, 0.15) is 42.6 Å². The lowest BCUT2D eigenvalue weighted by atomic mass is 10.1. The number of rotatable bonds is 5. The van der Waals surface area contributed by atoms with Crippen molar-refractivity contribution in [1.82, 2.24) is 19.6 Å². The molecule has 0 spiro atoms. The van der Waals surface area contributed by atoms with Crippen LogP contribution in [0.15, 0.2) is 0 Å². The fourth-order valence-corrected chi connectivity index (χ4v) is 3.64. The lowest BCUT2D eigenvalue weighted by molar-refractivity contribution is -0.131. The quantitative estimate of drug-likeness (QED) is 0.833. The van der Waals surface area contributed by atoms with E-state index in [1.165, 1.54) is 30.6 Å². The molecule has 1 amide bonds. The molecule has 1 saturated carbocycles. The highest BCUT2D eigenvalue weighted by molar-refractivity contribution is 5.76. The van der Waals surface area contributed by atoms with Crippen molar-refractivity contribution in [2.45, 2.75) is 46.0 Å². The van der Waals surface area contributed by atoms with Gasteiger partial charge in [-0.2, -0.15) is 5.10 Å². The van der Waals surface area contributed by atoms with Gasteiger partial charge in [0.25, 0.3) is 0 Å². The summed E-state index contributed by atoms with van der Waals surface area (Å²) in [5.41, 5.74) is 3.48. The van der Waals surface area contributed by atoms with Crippen LogP contribution in [0, 0.1) is 19.8 Å². The maximum absolute atomic E-state index is 12.6. The van der Waals surface area contributed by atoms with Crippen LogP contribution in [-0.2, 0) is 18.3 Å². The molecule has 5 heteroatoms. The van der Waals surface area contributed by atoms with E-state index in [1.807, 2.05) is 18.7 Å². The van der Waals surface area contributed by atoms with Crippen molar-refractivity contribution in [2.24, 2.45) is 13.0 Å². The molecule has 2 heterocycles. The number of nitrogens with zero attached hydrogens (tertiary/aromatic N) is 4. The number of aromatic nitrogens is 2. The molecule has 0 radical (unpaired) electrons. The summed E-state index contributed by atoms with van der Waals surface area (Å²) in [5.74, 6) is 1.25. The molecule has 5 nitrogen and oxygen atoms in total. The van der Waals surface area contributed by atoms with Crippen LogP contribution in [0.5, 0.6) is 0 Å². The van der Waals surface area contributed by atoms with Gasteiger partial charge in [-0.3, -0.25) is 9.48 Å². The Bertz CT molecular complexity index is 562. The van der Waals surface area contributed by atoms with Crippen LogP contribution >= 0.6 is 0 Å². The molecule has 0 unspecified atom stereocenters. The monoisotopic (exact) mass is 318 g/mol. The van der Waals surface area contributed by atoms with Crippen LogP contribution in [0.4, 0.5) is 0 Å². The van der Waals surface area contributed by atoms with E-state index in [9.17, 15) is 4.79 Å². The number of hydrogen-bond donors (Lipinski definition) is 0. The van der Waals surface area contributed by atoms with E-state index in [0.717, 1.165) is 50.6 Å². The molecule has 23 heavy (non-hydrogen) atoms. The second-order valence-corrected chi connectivity index (χ2v) is 7.25.